The van der Waals surface area contributed by atoms with E-state index in [-0.39, 0.29) is 0 Å². The summed E-state index contributed by atoms with van der Waals surface area (Å²) in [5.74, 6) is 1.31. The largest absolute Gasteiger partial charge is 0.455 e. The summed E-state index contributed by atoms with van der Waals surface area (Å²) in [6, 6.07) is 11.1. The number of benzene rings is 1. The van der Waals surface area contributed by atoms with Crippen molar-refractivity contribution in [1.82, 2.24) is 4.98 Å². The van der Waals surface area contributed by atoms with Crippen molar-refractivity contribution in [3.63, 3.8) is 0 Å². The van der Waals surface area contributed by atoms with Crippen LogP contribution in [-0.4, -0.2) is 4.98 Å². The highest BCUT2D eigenvalue weighted by Gasteiger charge is 2.04. The van der Waals surface area contributed by atoms with Gasteiger partial charge >= 0.3 is 0 Å². The Bertz CT molecular complexity index is 549. The number of rotatable bonds is 3. The Hall–Kier alpha value is -1.86. The zero-order valence-corrected chi connectivity index (χ0v) is 10.4. The van der Waals surface area contributed by atoms with Crippen LogP contribution in [0.1, 0.15) is 5.56 Å². The third kappa shape index (κ3) is 3.05. The Morgan fingerprint density at radius 1 is 1.35 bits per heavy atom. The lowest BCUT2D eigenvalue weighted by Crippen LogP contribution is -1.88. The summed E-state index contributed by atoms with van der Waals surface area (Å²) in [5, 5.41) is 8.60. The second-order valence-corrected chi connectivity index (χ2v) is 4.11. The first-order valence-electron chi connectivity index (χ1n) is 4.90. The van der Waals surface area contributed by atoms with Crippen LogP contribution in [0.4, 0.5) is 0 Å². The average molecular weight is 288 g/mol. The van der Waals surface area contributed by atoms with Crippen LogP contribution in [0.25, 0.3) is 0 Å². The molecule has 0 bridgehead atoms. The molecule has 3 nitrogen and oxygen atoms in total. The van der Waals surface area contributed by atoms with Crippen molar-refractivity contribution in [2.24, 2.45) is 0 Å². The van der Waals surface area contributed by atoms with Crippen molar-refractivity contribution in [2.45, 2.75) is 0 Å². The first-order chi connectivity index (χ1) is 8.29. The molecule has 0 amide bonds. The molecule has 2 rings (SSSR count). The van der Waals surface area contributed by atoms with Crippen LogP contribution in [0.5, 0.6) is 11.5 Å². The second-order valence-electron chi connectivity index (χ2n) is 3.25. The highest BCUT2D eigenvalue weighted by atomic mass is 79.9. The monoisotopic (exact) mass is 287 g/mol. The Morgan fingerprint density at radius 3 is 2.94 bits per heavy atom. The van der Waals surface area contributed by atoms with E-state index in [0.717, 1.165) is 10.0 Å². The predicted molar refractivity (Wildman–Crippen MR) is 67.5 cm³/mol. The van der Waals surface area contributed by atoms with Gasteiger partial charge in [-0.2, -0.15) is 5.26 Å². The van der Waals surface area contributed by atoms with Gasteiger partial charge in [-0.15, -0.1) is 0 Å². The third-order valence-electron chi connectivity index (χ3n) is 2.05. The molecule has 2 aromatic rings. The average Bonchev–Trinajstić information content (AvgIpc) is 2.35. The zero-order valence-electron chi connectivity index (χ0n) is 8.80. The number of aromatic nitrogens is 1. The molecule has 0 atom stereocenters. The van der Waals surface area contributed by atoms with Crippen molar-refractivity contribution < 1.29 is 4.74 Å². The Balaban J connectivity index is 2.26. The fourth-order valence-electron chi connectivity index (χ4n) is 1.30. The fourth-order valence-corrected chi connectivity index (χ4v) is 1.62. The summed E-state index contributed by atoms with van der Waals surface area (Å²) in [7, 11) is 0. The lowest BCUT2D eigenvalue weighted by atomic mass is 10.1. The highest BCUT2D eigenvalue weighted by molar-refractivity contribution is 9.10. The van der Waals surface area contributed by atoms with Crippen LogP contribution in [0.3, 0.4) is 0 Å². The van der Waals surface area contributed by atoms with E-state index < -0.39 is 0 Å². The molecule has 1 radical (unpaired) electrons. The summed E-state index contributed by atoms with van der Waals surface area (Å²) in [5.41, 5.74) is 0.801. The van der Waals surface area contributed by atoms with E-state index in [9.17, 15) is 0 Å². The smallest absolute Gasteiger partial charge is 0.145 e. The van der Waals surface area contributed by atoms with E-state index in [1.165, 1.54) is 6.42 Å². The number of pyridine rings is 1. The predicted octanol–water partition coefficient (Wildman–Crippen LogP) is 3.71. The van der Waals surface area contributed by atoms with Gasteiger partial charge in [-0.05, 0) is 45.8 Å². The summed E-state index contributed by atoms with van der Waals surface area (Å²) >= 11 is 3.40. The summed E-state index contributed by atoms with van der Waals surface area (Å²) in [6.07, 6.45) is 4.78. The molecular formula is C13H8BrN2O. The molecule has 1 aromatic heterocycles. The summed E-state index contributed by atoms with van der Waals surface area (Å²) in [6.45, 7) is 0. The molecule has 0 spiro atoms. The van der Waals surface area contributed by atoms with Crippen LogP contribution in [-0.2, 0) is 0 Å². The standard InChI is InChI=1S/C13H8BrN2O/c14-12-4-3-10(5-6-15)8-13(12)17-11-2-1-7-16-9-11/h1-5,7-9H. The molecule has 0 saturated heterocycles. The second kappa shape index (κ2) is 5.46. The van der Waals surface area contributed by atoms with Crippen LogP contribution in [0.2, 0.25) is 0 Å². The quantitative estimate of drug-likeness (QED) is 0.864. The molecule has 0 saturated carbocycles. The van der Waals surface area contributed by atoms with Crippen molar-refractivity contribution >= 4 is 15.9 Å². The van der Waals surface area contributed by atoms with Gasteiger partial charge in [0.05, 0.1) is 23.2 Å². The number of nitrogens with zero attached hydrogens (tertiary/aromatic N) is 2. The van der Waals surface area contributed by atoms with Gasteiger partial charge < -0.3 is 4.74 Å². The first-order valence-corrected chi connectivity index (χ1v) is 5.69. The SMILES string of the molecule is N#C[CH]c1ccc(Br)c(Oc2cccnc2)c1. The van der Waals surface area contributed by atoms with Gasteiger partial charge in [0.2, 0.25) is 0 Å². The molecule has 4 heteroatoms. The van der Waals surface area contributed by atoms with Crippen LogP contribution >= 0.6 is 15.9 Å². The number of ether oxygens (including phenoxy) is 1. The maximum atomic E-state index is 8.60. The molecule has 0 N–H and O–H groups in total. The molecule has 1 heterocycles. The Labute approximate surface area is 108 Å². The number of halogens is 1. The van der Waals surface area contributed by atoms with Gasteiger partial charge in [0.1, 0.15) is 11.5 Å². The molecule has 0 aliphatic rings. The van der Waals surface area contributed by atoms with Crippen LogP contribution in [0.15, 0.2) is 47.2 Å². The molecule has 83 valence electrons. The number of hydrogen-bond donors (Lipinski definition) is 0. The lowest BCUT2D eigenvalue weighted by molar-refractivity contribution is 0.477. The van der Waals surface area contributed by atoms with Crippen LogP contribution < -0.4 is 4.74 Å². The molecule has 0 aliphatic carbocycles. The van der Waals surface area contributed by atoms with Crippen molar-refractivity contribution in [2.75, 3.05) is 0 Å². The summed E-state index contributed by atoms with van der Waals surface area (Å²) < 4.78 is 6.49. The minimum Gasteiger partial charge on any atom is -0.455 e. The highest BCUT2D eigenvalue weighted by Crippen LogP contribution is 2.30. The first kappa shape index (κ1) is 11.6. The molecule has 0 aliphatic heterocycles. The third-order valence-corrected chi connectivity index (χ3v) is 2.70. The number of hydrogen-bond acceptors (Lipinski definition) is 3. The molecule has 0 unspecified atom stereocenters. The van der Waals surface area contributed by atoms with E-state index in [4.69, 9.17) is 10.00 Å². The zero-order chi connectivity index (χ0) is 12.1. The van der Waals surface area contributed by atoms with Crippen molar-refractivity contribution in [1.29, 1.82) is 5.26 Å². The summed E-state index contributed by atoms with van der Waals surface area (Å²) in [4.78, 5) is 3.97. The Morgan fingerprint density at radius 2 is 2.24 bits per heavy atom. The van der Waals surface area contributed by atoms with Gasteiger partial charge in [-0.25, -0.2) is 0 Å². The topological polar surface area (TPSA) is 45.9 Å². The molecular weight excluding hydrogens is 280 g/mol. The Kier molecular flexibility index (Phi) is 3.73. The van der Waals surface area contributed by atoms with Crippen molar-refractivity contribution in [3.05, 3.63) is 59.2 Å². The van der Waals surface area contributed by atoms with Gasteiger partial charge in [-0.3, -0.25) is 4.98 Å². The van der Waals surface area contributed by atoms with E-state index in [0.29, 0.717) is 11.5 Å². The molecule has 17 heavy (non-hydrogen) atoms. The maximum absolute atomic E-state index is 8.60. The van der Waals surface area contributed by atoms with Crippen LogP contribution in [0, 0.1) is 17.8 Å². The van der Waals surface area contributed by atoms with Crippen molar-refractivity contribution in [3.8, 4) is 17.6 Å². The lowest BCUT2D eigenvalue weighted by Gasteiger charge is -2.08. The molecule has 1 aromatic carbocycles. The fraction of sp³-hybridized carbons (Fsp3) is 0. The minimum atomic E-state index is 0.655. The van der Waals surface area contributed by atoms with E-state index in [1.54, 1.807) is 24.5 Å². The molecule has 0 fully saturated rings. The van der Waals surface area contributed by atoms with Gasteiger partial charge in [0.15, 0.2) is 0 Å². The van der Waals surface area contributed by atoms with E-state index in [1.807, 2.05) is 24.3 Å². The normalized spacial score (nSPS) is 9.65. The minimum absolute atomic E-state index is 0.655. The van der Waals surface area contributed by atoms with Gasteiger partial charge in [0.25, 0.3) is 0 Å². The number of nitriles is 1. The van der Waals surface area contributed by atoms with Gasteiger partial charge in [-0.1, -0.05) is 6.07 Å². The maximum Gasteiger partial charge on any atom is 0.145 e. The van der Waals surface area contributed by atoms with Gasteiger partial charge in [0, 0.05) is 6.20 Å². The van der Waals surface area contributed by atoms with E-state index in [2.05, 4.69) is 20.9 Å². The van der Waals surface area contributed by atoms with E-state index >= 15 is 0 Å².